The number of aliphatic carboxylic acids is 2. The Morgan fingerprint density at radius 3 is 2.10 bits per heavy atom. The van der Waals surface area contributed by atoms with Crippen molar-refractivity contribution in [3.8, 4) is 11.6 Å². The first-order valence-corrected chi connectivity index (χ1v) is 10.9. The Hall–Kier alpha value is -4.28. The van der Waals surface area contributed by atoms with E-state index in [0.717, 1.165) is 49.6 Å². The normalized spacial score (nSPS) is 13.5. The third-order valence-corrected chi connectivity index (χ3v) is 4.96. The third kappa shape index (κ3) is 10.2. The van der Waals surface area contributed by atoms with Crippen LogP contribution in [0.15, 0.2) is 43.2 Å². The molecule has 17 heteroatoms. The molecular weight excluding hydrogens is 542 g/mol. The number of carboxylic acid groups (broad SMARTS) is 2. The number of rotatable bonds is 4. The monoisotopic (exact) mass is 564 g/mol. The Kier molecular flexibility index (Phi) is 10.7. The van der Waals surface area contributed by atoms with Gasteiger partial charge in [-0.25, -0.2) is 24.5 Å². The molecule has 1 aliphatic rings. The predicted molar refractivity (Wildman–Crippen MR) is 120 cm³/mol. The Morgan fingerprint density at radius 1 is 0.974 bits per heavy atom. The maximum absolute atomic E-state index is 10.6. The molecule has 0 atom stereocenters. The second-order valence-corrected chi connectivity index (χ2v) is 7.73. The summed E-state index contributed by atoms with van der Waals surface area (Å²) in [6, 6.07) is 3.73. The lowest BCUT2D eigenvalue weighted by atomic mass is 10.1. The van der Waals surface area contributed by atoms with Crippen molar-refractivity contribution < 1.29 is 50.9 Å². The van der Waals surface area contributed by atoms with Gasteiger partial charge in [-0.1, -0.05) is 0 Å². The van der Waals surface area contributed by atoms with E-state index in [2.05, 4.69) is 29.4 Å². The molecule has 0 unspecified atom stereocenters. The molecule has 3 aromatic heterocycles. The smallest absolute Gasteiger partial charge is 0.475 e. The van der Waals surface area contributed by atoms with Crippen molar-refractivity contribution in [3.63, 3.8) is 0 Å². The molecule has 39 heavy (non-hydrogen) atoms. The lowest BCUT2D eigenvalue weighted by Crippen LogP contribution is -2.27. The van der Waals surface area contributed by atoms with Crippen LogP contribution in [0.1, 0.15) is 17.1 Å². The molecule has 11 nitrogen and oxygen atoms in total. The molecule has 0 bridgehead atoms. The topological polar surface area (TPSA) is 144 Å². The molecule has 0 saturated heterocycles. The number of imidazole rings is 1. The first-order chi connectivity index (χ1) is 18.2. The molecule has 0 aliphatic carbocycles. The number of aromatic nitrogens is 5. The fourth-order valence-electron chi connectivity index (χ4n) is 3.06. The van der Waals surface area contributed by atoms with Crippen LogP contribution >= 0.6 is 0 Å². The van der Waals surface area contributed by atoms with Gasteiger partial charge in [-0.3, -0.25) is 9.88 Å². The van der Waals surface area contributed by atoms with Crippen molar-refractivity contribution in [2.75, 3.05) is 13.1 Å². The van der Waals surface area contributed by atoms with Crippen molar-refractivity contribution in [1.29, 1.82) is 0 Å². The maximum Gasteiger partial charge on any atom is 0.490 e. The molecule has 0 saturated carbocycles. The van der Waals surface area contributed by atoms with E-state index in [9.17, 15) is 26.3 Å². The molecule has 1 aliphatic heterocycles. The van der Waals surface area contributed by atoms with Crippen molar-refractivity contribution >= 4 is 11.9 Å². The van der Waals surface area contributed by atoms with Gasteiger partial charge in [0.25, 0.3) is 0 Å². The molecule has 4 rings (SSSR count). The van der Waals surface area contributed by atoms with Crippen LogP contribution in [0.2, 0.25) is 0 Å². The molecule has 4 heterocycles. The Morgan fingerprint density at radius 2 is 1.59 bits per heavy atom. The third-order valence-electron chi connectivity index (χ3n) is 4.96. The van der Waals surface area contributed by atoms with E-state index < -0.39 is 24.3 Å². The maximum atomic E-state index is 10.6. The molecule has 0 amide bonds. The number of fused-ring (bicyclic) bond motifs is 1. The lowest BCUT2D eigenvalue weighted by Gasteiger charge is -2.19. The van der Waals surface area contributed by atoms with Gasteiger partial charge >= 0.3 is 24.3 Å². The molecule has 212 valence electrons. The molecule has 3 aromatic rings. The molecule has 0 spiro atoms. The Balaban J connectivity index is 0.000000317. The molecule has 0 radical (unpaired) electrons. The van der Waals surface area contributed by atoms with Gasteiger partial charge < -0.3 is 19.5 Å². The van der Waals surface area contributed by atoms with E-state index in [1.165, 1.54) is 0 Å². The fourth-order valence-corrected chi connectivity index (χ4v) is 3.06. The van der Waals surface area contributed by atoms with E-state index in [1.807, 2.05) is 31.6 Å². The van der Waals surface area contributed by atoms with E-state index in [0.29, 0.717) is 11.6 Å². The van der Waals surface area contributed by atoms with Gasteiger partial charge in [0.15, 0.2) is 0 Å². The minimum Gasteiger partial charge on any atom is -0.475 e. The first kappa shape index (κ1) is 30.9. The van der Waals surface area contributed by atoms with Crippen molar-refractivity contribution in [2.24, 2.45) is 7.05 Å². The number of hydrogen-bond acceptors (Lipinski definition) is 8. The van der Waals surface area contributed by atoms with Crippen LogP contribution in [0.25, 0.3) is 0 Å². The van der Waals surface area contributed by atoms with Crippen molar-refractivity contribution in [3.05, 3.63) is 60.3 Å². The number of aryl methyl sites for hydroxylation is 1. The van der Waals surface area contributed by atoms with Crippen LogP contribution in [0, 0.1) is 0 Å². The van der Waals surface area contributed by atoms with Gasteiger partial charge in [0.2, 0.25) is 5.88 Å². The summed E-state index contributed by atoms with van der Waals surface area (Å²) in [5, 5.41) is 14.2. The second kappa shape index (κ2) is 13.5. The highest BCUT2D eigenvalue weighted by atomic mass is 19.4. The number of hydrogen-bond donors (Lipinski definition) is 2. The molecule has 0 fully saturated rings. The standard InChI is InChI=1S/C18H20N6O.2C2HF3O2/c1-23-10-7-20-17(23)12-24-8-4-15-16(5-9-24)21-13-22-18(15)25-14-3-2-6-19-11-14;2*3-2(4,5)1(6)7/h2-3,6-7,10-11,13H,4-5,8-9,12H2,1H3;2*(H,6,7). The van der Waals surface area contributed by atoms with E-state index >= 15 is 0 Å². The van der Waals surface area contributed by atoms with Crippen LogP contribution in [-0.4, -0.2) is 77.0 Å². The molecule has 0 aromatic carbocycles. The van der Waals surface area contributed by atoms with Crippen molar-refractivity contribution in [1.82, 2.24) is 29.4 Å². The summed E-state index contributed by atoms with van der Waals surface area (Å²) in [6.45, 7) is 2.71. The zero-order chi connectivity index (χ0) is 29.2. The Bertz CT molecular complexity index is 1210. The summed E-state index contributed by atoms with van der Waals surface area (Å²) in [5.74, 6) is -3.11. The summed E-state index contributed by atoms with van der Waals surface area (Å²) >= 11 is 0. The summed E-state index contributed by atoms with van der Waals surface area (Å²) in [4.78, 5) is 37.5. The van der Waals surface area contributed by atoms with Gasteiger partial charge in [0.05, 0.1) is 18.4 Å². The second-order valence-electron chi connectivity index (χ2n) is 7.73. The van der Waals surface area contributed by atoms with Gasteiger partial charge in [-0.05, 0) is 18.6 Å². The quantitative estimate of drug-likeness (QED) is 0.453. The number of carbonyl (C=O) groups is 2. The first-order valence-electron chi connectivity index (χ1n) is 10.9. The highest BCUT2D eigenvalue weighted by Gasteiger charge is 2.38. The number of halogens is 6. The van der Waals surface area contributed by atoms with E-state index in [1.54, 1.807) is 18.7 Å². The van der Waals surface area contributed by atoms with Crippen LogP contribution in [0.4, 0.5) is 26.3 Å². The fraction of sp³-hybridized carbons (Fsp3) is 0.364. The lowest BCUT2D eigenvalue weighted by molar-refractivity contribution is -0.193. The van der Waals surface area contributed by atoms with Gasteiger partial charge in [-0.15, -0.1) is 0 Å². The van der Waals surface area contributed by atoms with Crippen LogP contribution in [-0.2, 0) is 36.0 Å². The minimum atomic E-state index is -5.08. The largest absolute Gasteiger partial charge is 0.490 e. The number of nitrogens with zero attached hydrogens (tertiary/aromatic N) is 6. The van der Waals surface area contributed by atoms with Crippen LogP contribution in [0.3, 0.4) is 0 Å². The van der Waals surface area contributed by atoms with E-state index in [-0.39, 0.29) is 0 Å². The Labute approximate surface area is 216 Å². The van der Waals surface area contributed by atoms with Gasteiger partial charge in [0.1, 0.15) is 17.9 Å². The summed E-state index contributed by atoms with van der Waals surface area (Å²) < 4.78 is 71.5. The number of alkyl halides is 6. The average molecular weight is 564 g/mol. The number of pyridine rings is 1. The van der Waals surface area contributed by atoms with Crippen LogP contribution < -0.4 is 4.74 Å². The van der Waals surface area contributed by atoms with E-state index in [4.69, 9.17) is 24.5 Å². The van der Waals surface area contributed by atoms with Crippen molar-refractivity contribution in [2.45, 2.75) is 31.7 Å². The highest BCUT2D eigenvalue weighted by molar-refractivity contribution is 5.73. The van der Waals surface area contributed by atoms with Crippen LogP contribution in [0.5, 0.6) is 11.6 Å². The zero-order valence-electron chi connectivity index (χ0n) is 20.1. The van der Waals surface area contributed by atoms with Gasteiger partial charge in [-0.2, -0.15) is 26.3 Å². The zero-order valence-corrected chi connectivity index (χ0v) is 20.1. The highest BCUT2D eigenvalue weighted by Crippen LogP contribution is 2.26. The minimum absolute atomic E-state index is 0.636. The molecule has 2 N–H and O–H groups in total. The summed E-state index contributed by atoms with van der Waals surface area (Å²) in [5.41, 5.74) is 2.16. The number of ether oxygens (including phenoxy) is 1. The average Bonchev–Trinajstić information content (AvgIpc) is 3.13. The van der Waals surface area contributed by atoms with Gasteiger partial charge in [0, 0.05) is 50.7 Å². The summed E-state index contributed by atoms with van der Waals surface area (Å²) in [7, 11) is 2.03. The molecular formula is C22H22F6N6O5. The predicted octanol–water partition coefficient (Wildman–Crippen LogP) is 3.26. The number of carboxylic acids is 2. The SMILES string of the molecule is Cn1ccnc1CN1CCc2ncnc(Oc3cccnc3)c2CC1.O=C(O)C(F)(F)F.O=C(O)C(F)(F)F. The summed E-state index contributed by atoms with van der Waals surface area (Å²) in [6.07, 6.45) is 0.392.